The SMILES string of the molecule is CN=C(NCCc1cccc(F)c1)NCCS(=O)C(C)(C)C.I. The third-order valence-electron chi connectivity index (χ3n) is 3.08. The molecule has 2 N–H and O–H groups in total. The van der Waals surface area contributed by atoms with Gasteiger partial charge >= 0.3 is 0 Å². The van der Waals surface area contributed by atoms with Crippen LogP contribution >= 0.6 is 24.0 Å². The molecule has 23 heavy (non-hydrogen) atoms. The first kappa shape index (κ1) is 22.3. The summed E-state index contributed by atoms with van der Waals surface area (Å²) in [7, 11) is 0.812. The van der Waals surface area contributed by atoms with Crippen molar-refractivity contribution < 1.29 is 8.60 Å². The second-order valence-corrected chi connectivity index (χ2v) is 8.29. The zero-order valence-corrected chi connectivity index (χ0v) is 17.3. The Bertz CT molecular complexity index is 532. The van der Waals surface area contributed by atoms with Gasteiger partial charge in [-0.2, -0.15) is 0 Å². The number of guanidine groups is 1. The molecule has 0 aliphatic rings. The first-order valence-electron chi connectivity index (χ1n) is 7.40. The van der Waals surface area contributed by atoms with Crippen LogP contribution in [0.2, 0.25) is 0 Å². The first-order valence-corrected chi connectivity index (χ1v) is 8.72. The lowest BCUT2D eigenvalue weighted by molar-refractivity contribution is 0.625. The van der Waals surface area contributed by atoms with Crippen LogP contribution in [-0.4, -0.2) is 40.8 Å². The number of nitrogens with one attached hydrogen (secondary N) is 2. The predicted molar refractivity (Wildman–Crippen MR) is 108 cm³/mol. The van der Waals surface area contributed by atoms with Crippen molar-refractivity contribution in [2.45, 2.75) is 31.9 Å². The molecule has 1 unspecified atom stereocenters. The lowest BCUT2D eigenvalue weighted by Gasteiger charge is -2.18. The average Bonchev–Trinajstić information content (AvgIpc) is 2.44. The maximum absolute atomic E-state index is 13.1. The lowest BCUT2D eigenvalue weighted by atomic mass is 10.1. The van der Waals surface area contributed by atoms with Crippen molar-refractivity contribution in [2.75, 3.05) is 25.9 Å². The Hall–Kier alpha value is -0.700. The maximum Gasteiger partial charge on any atom is 0.191 e. The van der Waals surface area contributed by atoms with Gasteiger partial charge in [0, 0.05) is 41.4 Å². The van der Waals surface area contributed by atoms with E-state index in [1.165, 1.54) is 12.1 Å². The molecule has 1 aromatic carbocycles. The third-order valence-corrected chi connectivity index (χ3v) is 5.02. The van der Waals surface area contributed by atoms with Crippen molar-refractivity contribution in [3.05, 3.63) is 35.6 Å². The fraction of sp³-hybridized carbons (Fsp3) is 0.562. The zero-order chi connectivity index (χ0) is 16.6. The fourth-order valence-corrected chi connectivity index (χ4v) is 2.71. The molecule has 1 atom stereocenters. The third kappa shape index (κ3) is 9.24. The van der Waals surface area contributed by atoms with E-state index in [2.05, 4.69) is 15.6 Å². The van der Waals surface area contributed by atoms with Crippen molar-refractivity contribution in [2.24, 2.45) is 4.99 Å². The highest BCUT2D eigenvalue weighted by Gasteiger charge is 2.18. The summed E-state index contributed by atoms with van der Waals surface area (Å²) in [6.45, 7) is 7.16. The van der Waals surface area contributed by atoms with Crippen LogP contribution < -0.4 is 10.6 Å². The van der Waals surface area contributed by atoms with Crippen LogP contribution in [0.15, 0.2) is 29.3 Å². The largest absolute Gasteiger partial charge is 0.356 e. The molecule has 0 spiro atoms. The van der Waals surface area contributed by atoms with Gasteiger partial charge in [0.05, 0.1) is 0 Å². The summed E-state index contributed by atoms with van der Waals surface area (Å²) in [4.78, 5) is 4.12. The van der Waals surface area contributed by atoms with Crippen LogP contribution in [0.4, 0.5) is 4.39 Å². The standard InChI is InChI=1S/C16H26FN3OS.HI/c1-16(2,3)22(21)11-10-20-15(18-4)19-9-8-13-6-5-7-14(17)12-13;/h5-7,12H,8-11H2,1-4H3,(H2,18,19,20);1H. The molecule has 0 aromatic heterocycles. The van der Waals surface area contributed by atoms with Gasteiger partial charge in [-0.05, 0) is 44.9 Å². The Balaban J connectivity index is 0.00000484. The molecule has 0 fully saturated rings. The van der Waals surface area contributed by atoms with Crippen LogP contribution in [-0.2, 0) is 17.2 Å². The van der Waals surface area contributed by atoms with Gasteiger partial charge in [0.15, 0.2) is 5.96 Å². The normalized spacial score (nSPS) is 13.2. The second kappa shape index (κ2) is 11.0. The molecule has 1 rings (SSSR count). The Morgan fingerprint density at radius 3 is 2.48 bits per heavy atom. The van der Waals surface area contributed by atoms with Gasteiger partial charge in [-0.3, -0.25) is 9.20 Å². The van der Waals surface area contributed by atoms with Crippen molar-refractivity contribution in [3.63, 3.8) is 0 Å². The molecule has 0 aliphatic carbocycles. The lowest BCUT2D eigenvalue weighted by Crippen LogP contribution is -2.41. The topological polar surface area (TPSA) is 53.5 Å². The molecule has 0 saturated heterocycles. The Morgan fingerprint density at radius 2 is 1.91 bits per heavy atom. The summed E-state index contributed by atoms with van der Waals surface area (Å²) in [5.74, 6) is 1.03. The molecule has 0 radical (unpaired) electrons. The van der Waals surface area contributed by atoms with Crippen LogP contribution in [0.3, 0.4) is 0 Å². The molecular formula is C16H27FIN3OS. The molecular weight excluding hydrogens is 428 g/mol. The summed E-state index contributed by atoms with van der Waals surface area (Å²) < 4.78 is 24.8. The molecule has 0 amide bonds. The number of benzene rings is 1. The minimum atomic E-state index is -0.881. The maximum atomic E-state index is 13.1. The minimum Gasteiger partial charge on any atom is -0.356 e. The summed E-state index contributed by atoms with van der Waals surface area (Å²) >= 11 is 0. The molecule has 1 aromatic rings. The molecule has 0 aliphatic heterocycles. The summed E-state index contributed by atoms with van der Waals surface area (Å²) in [6.07, 6.45) is 0.715. The van der Waals surface area contributed by atoms with E-state index in [9.17, 15) is 8.60 Å². The van der Waals surface area contributed by atoms with Crippen molar-refractivity contribution in [1.29, 1.82) is 0 Å². The van der Waals surface area contributed by atoms with Crippen LogP contribution in [0.25, 0.3) is 0 Å². The van der Waals surface area contributed by atoms with E-state index in [-0.39, 0.29) is 34.5 Å². The Kier molecular flexibility index (Phi) is 10.6. The fourth-order valence-electron chi connectivity index (χ4n) is 1.81. The number of hydrogen-bond acceptors (Lipinski definition) is 2. The number of rotatable bonds is 6. The number of halogens is 2. The number of hydrogen-bond donors (Lipinski definition) is 2. The highest BCUT2D eigenvalue weighted by molar-refractivity contribution is 14.0. The van der Waals surface area contributed by atoms with Gasteiger partial charge in [-0.1, -0.05) is 12.1 Å². The second-order valence-electron chi connectivity index (χ2n) is 5.97. The van der Waals surface area contributed by atoms with Gasteiger partial charge in [0.1, 0.15) is 5.82 Å². The molecule has 0 heterocycles. The number of aliphatic imine (C=N–C) groups is 1. The molecule has 4 nitrogen and oxygen atoms in total. The Labute approximate surface area is 158 Å². The monoisotopic (exact) mass is 455 g/mol. The van der Waals surface area contributed by atoms with E-state index in [4.69, 9.17) is 0 Å². The Morgan fingerprint density at radius 1 is 1.26 bits per heavy atom. The summed E-state index contributed by atoms with van der Waals surface area (Å²) in [5.41, 5.74) is 0.941. The molecule has 0 saturated carbocycles. The van der Waals surface area contributed by atoms with Gasteiger partial charge in [-0.15, -0.1) is 24.0 Å². The quantitative estimate of drug-likeness (QED) is 0.394. The minimum absolute atomic E-state index is 0. The molecule has 132 valence electrons. The van der Waals surface area contributed by atoms with Gasteiger partial charge in [-0.25, -0.2) is 4.39 Å². The highest BCUT2D eigenvalue weighted by Crippen LogP contribution is 2.10. The van der Waals surface area contributed by atoms with Crippen molar-refractivity contribution >= 4 is 40.7 Å². The van der Waals surface area contributed by atoms with E-state index in [0.29, 0.717) is 31.2 Å². The smallest absolute Gasteiger partial charge is 0.191 e. The van der Waals surface area contributed by atoms with Crippen molar-refractivity contribution in [1.82, 2.24) is 10.6 Å². The first-order chi connectivity index (χ1) is 10.3. The predicted octanol–water partition coefficient (Wildman–Crippen LogP) is 2.70. The summed E-state index contributed by atoms with van der Waals surface area (Å²) in [5, 5.41) is 6.31. The van der Waals surface area contributed by atoms with E-state index < -0.39 is 10.8 Å². The van der Waals surface area contributed by atoms with Gasteiger partial charge in [0.2, 0.25) is 0 Å². The zero-order valence-electron chi connectivity index (χ0n) is 14.2. The van der Waals surface area contributed by atoms with E-state index >= 15 is 0 Å². The number of nitrogens with zero attached hydrogens (tertiary/aromatic N) is 1. The van der Waals surface area contributed by atoms with Gasteiger partial charge in [0.25, 0.3) is 0 Å². The molecule has 0 bridgehead atoms. The van der Waals surface area contributed by atoms with E-state index in [1.54, 1.807) is 13.1 Å². The van der Waals surface area contributed by atoms with E-state index in [0.717, 1.165) is 5.56 Å². The van der Waals surface area contributed by atoms with Gasteiger partial charge < -0.3 is 10.6 Å². The van der Waals surface area contributed by atoms with E-state index in [1.807, 2.05) is 26.8 Å². The average molecular weight is 455 g/mol. The summed E-state index contributed by atoms with van der Waals surface area (Å²) in [6, 6.07) is 6.57. The van der Waals surface area contributed by atoms with Crippen LogP contribution in [0.1, 0.15) is 26.3 Å². The highest BCUT2D eigenvalue weighted by atomic mass is 127. The molecule has 7 heteroatoms. The van der Waals surface area contributed by atoms with Crippen LogP contribution in [0, 0.1) is 5.82 Å². The van der Waals surface area contributed by atoms with Crippen LogP contribution in [0.5, 0.6) is 0 Å². The van der Waals surface area contributed by atoms with Crippen molar-refractivity contribution in [3.8, 4) is 0 Å².